The Bertz CT molecular complexity index is 312. The summed E-state index contributed by atoms with van der Waals surface area (Å²) >= 11 is 0. The highest BCUT2D eigenvalue weighted by molar-refractivity contribution is 5.35. The second kappa shape index (κ2) is 6.43. The van der Waals surface area contributed by atoms with E-state index in [9.17, 15) is 0 Å². The van der Waals surface area contributed by atoms with E-state index in [0.29, 0.717) is 6.04 Å². The number of aryl methyl sites for hydroxylation is 1. The summed E-state index contributed by atoms with van der Waals surface area (Å²) in [6.07, 6.45) is 4.66. The van der Waals surface area contributed by atoms with Gasteiger partial charge in [0, 0.05) is 23.8 Å². The Morgan fingerprint density at radius 2 is 2.12 bits per heavy atom. The van der Waals surface area contributed by atoms with Crippen LogP contribution in [0.1, 0.15) is 39.3 Å². The van der Waals surface area contributed by atoms with Crippen LogP contribution in [-0.2, 0) is 6.42 Å². The van der Waals surface area contributed by atoms with E-state index in [1.807, 2.05) is 13.0 Å². The van der Waals surface area contributed by atoms with E-state index in [4.69, 9.17) is 5.73 Å². The van der Waals surface area contributed by atoms with E-state index in [0.717, 1.165) is 30.8 Å². The van der Waals surface area contributed by atoms with Crippen LogP contribution in [0, 0.1) is 0 Å². The van der Waals surface area contributed by atoms with Gasteiger partial charge in [0.25, 0.3) is 0 Å². The lowest BCUT2D eigenvalue weighted by atomic mass is 10.1. The highest BCUT2D eigenvalue weighted by Gasteiger charge is 2.06. The second-order valence-electron chi connectivity index (χ2n) is 4.40. The van der Waals surface area contributed by atoms with Gasteiger partial charge in [0.05, 0.1) is 0 Å². The minimum absolute atomic E-state index is 0.208. The highest BCUT2D eigenvalue weighted by Crippen LogP contribution is 2.09. The molecule has 4 heteroatoms. The Hall–Kier alpha value is -1.16. The Labute approximate surface area is 97.7 Å². The standard InChI is InChI=1S/C12H22N4/c1-4-5-11-7-12(15-8-14-11)16-10(3)6-9(2)13/h7-10H,4-6,13H2,1-3H3,(H,14,15,16). The summed E-state index contributed by atoms with van der Waals surface area (Å²) in [5.41, 5.74) is 6.84. The van der Waals surface area contributed by atoms with Gasteiger partial charge >= 0.3 is 0 Å². The first kappa shape index (κ1) is 12.9. The van der Waals surface area contributed by atoms with Crippen molar-refractivity contribution in [1.29, 1.82) is 0 Å². The highest BCUT2D eigenvalue weighted by atomic mass is 15.0. The Morgan fingerprint density at radius 3 is 2.75 bits per heavy atom. The average Bonchev–Trinajstić information content (AvgIpc) is 2.17. The van der Waals surface area contributed by atoms with E-state index in [1.165, 1.54) is 0 Å². The Balaban J connectivity index is 2.55. The van der Waals surface area contributed by atoms with Gasteiger partial charge in [0.1, 0.15) is 12.1 Å². The molecule has 0 fully saturated rings. The zero-order valence-electron chi connectivity index (χ0n) is 10.4. The van der Waals surface area contributed by atoms with Gasteiger partial charge in [-0.2, -0.15) is 0 Å². The second-order valence-corrected chi connectivity index (χ2v) is 4.40. The van der Waals surface area contributed by atoms with E-state index >= 15 is 0 Å². The fraction of sp³-hybridized carbons (Fsp3) is 0.667. The van der Waals surface area contributed by atoms with Crippen LogP contribution < -0.4 is 11.1 Å². The molecule has 0 aliphatic rings. The van der Waals surface area contributed by atoms with E-state index < -0.39 is 0 Å². The smallest absolute Gasteiger partial charge is 0.129 e. The molecule has 16 heavy (non-hydrogen) atoms. The van der Waals surface area contributed by atoms with Crippen molar-refractivity contribution in [3.05, 3.63) is 18.1 Å². The lowest BCUT2D eigenvalue weighted by Crippen LogP contribution is -2.26. The molecule has 90 valence electrons. The summed E-state index contributed by atoms with van der Waals surface area (Å²) in [6, 6.07) is 2.56. The average molecular weight is 222 g/mol. The van der Waals surface area contributed by atoms with Gasteiger partial charge in [-0.15, -0.1) is 0 Å². The molecule has 0 aromatic carbocycles. The molecule has 0 spiro atoms. The molecule has 2 atom stereocenters. The van der Waals surface area contributed by atoms with Gasteiger partial charge in [-0.25, -0.2) is 9.97 Å². The number of rotatable bonds is 6. The number of hydrogen-bond acceptors (Lipinski definition) is 4. The van der Waals surface area contributed by atoms with Crippen molar-refractivity contribution in [2.75, 3.05) is 5.32 Å². The third-order valence-corrected chi connectivity index (χ3v) is 2.35. The van der Waals surface area contributed by atoms with Gasteiger partial charge < -0.3 is 11.1 Å². The monoisotopic (exact) mass is 222 g/mol. The molecule has 1 aromatic rings. The van der Waals surface area contributed by atoms with Gasteiger partial charge in [0.15, 0.2) is 0 Å². The third kappa shape index (κ3) is 4.57. The van der Waals surface area contributed by atoms with Crippen LogP contribution in [0.3, 0.4) is 0 Å². The molecule has 1 heterocycles. The third-order valence-electron chi connectivity index (χ3n) is 2.35. The maximum absolute atomic E-state index is 5.75. The number of nitrogens with zero attached hydrogens (tertiary/aromatic N) is 2. The van der Waals surface area contributed by atoms with Crippen molar-refractivity contribution < 1.29 is 0 Å². The molecule has 0 radical (unpaired) electrons. The SMILES string of the molecule is CCCc1cc(NC(C)CC(C)N)ncn1. The first-order chi connectivity index (χ1) is 7.61. The molecule has 1 aromatic heterocycles. The number of hydrogen-bond donors (Lipinski definition) is 2. The Kier molecular flexibility index (Phi) is 5.19. The molecule has 0 saturated heterocycles. The predicted octanol–water partition coefficient (Wildman–Crippen LogP) is 1.97. The lowest BCUT2D eigenvalue weighted by molar-refractivity contribution is 0.603. The normalized spacial score (nSPS) is 14.5. The van der Waals surface area contributed by atoms with Gasteiger partial charge in [0.2, 0.25) is 0 Å². The molecular weight excluding hydrogens is 200 g/mol. The van der Waals surface area contributed by atoms with Crippen molar-refractivity contribution in [1.82, 2.24) is 9.97 Å². The zero-order chi connectivity index (χ0) is 12.0. The van der Waals surface area contributed by atoms with E-state index in [2.05, 4.69) is 29.1 Å². The van der Waals surface area contributed by atoms with Crippen LogP contribution in [0.2, 0.25) is 0 Å². The summed E-state index contributed by atoms with van der Waals surface area (Å²) in [6.45, 7) is 6.28. The maximum atomic E-state index is 5.75. The summed E-state index contributed by atoms with van der Waals surface area (Å²) in [5, 5.41) is 3.34. The topological polar surface area (TPSA) is 63.8 Å². The van der Waals surface area contributed by atoms with Gasteiger partial charge in [-0.3, -0.25) is 0 Å². The summed E-state index contributed by atoms with van der Waals surface area (Å²) < 4.78 is 0. The maximum Gasteiger partial charge on any atom is 0.129 e. The van der Waals surface area contributed by atoms with Gasteiger partial charge in [-0.1, -0.05) is 13.3 Å². The van der Waals surface area contributed by atoms with Crippen LogP contribution in [0.5, 0.6) is 0 Å². The molecular formula is C12H22N4. The van der Waals surface area contributed by atoms with Crippen molar-refractivity contribution in [2.24, 2.45) is 5.73 Å². The minimum Gasteiger partial charge on any atom is -0.367 e. The minimum atomic E-state index is 0.208. The molecule has 1 rings (SSSR count). The lowest BCUT2D eigenvalue weighted by Gasteiger charge is -2.16. The fourth-order valence-corrected chi connectivity index (χ4v) is 1.74. The molecule has 0 aliphatic heterocycles. The van der Waals surface area contributed by atoms with Crippen molar-refractivity contribution in [2.45, 2.75) is 52.1 Å². The van der Waals surface area contributed by atoms with E-state index in [1.54, 1.807) is 6.33 Å². The predicted molar refractivity (Wildman–Crippen MR) is 67.4 cm³/mol. The molecule has 4 nitrogen and oxygen atoms in total. The zero-order valence-corrected chi connectivity index (χ0v) is 10.4. The van der Waals surface area contributed by atoms with Crippen LogP contribution in [0.4, 0.5) is 5.82 Å². The van der Waals surface area contributed by atoms with Crippen LogP contribution >= 0.6 is 0 Å². The number of anilines is 1. The van der Waals surface area contributed by atoms with Crippen LogP contribution in [-0.4, -0.2) is 22.1 Å². The largest absolute Gasteiger partial charge is 0.367 e. The number of nitrogens with one attached hydrogen (secondary N) is 1. The van der Waals surface area contributed by atoms with Crippen LogP contribution in [0.15, 0.2) is 12.4 Å². The molecule has 0 amide bonds. The molecule has 2 unspecified atom stereocenters. The van der Waals surface area contributed by atoms with Crippen molar-refractivity contribution in [3.63, 3.8) is 0 Å². The number of nitrogens with two attached hydrogens (primary N) is 1. The van der Waals surface area contributed by atoms with Crippen LogP contribution in [0.25, 0.3) is 0 Å². The first-order valence-corrected chi connectivity index (χ1v) is 5.94. The van der Waals surface area contributed by atoms with E-state index in [-0.39, 0.29) is 6.04 Å². The quantitative estimate of drug-likeness (QED) is 0.772. The molecule has 3 N–H and O–H groups in total. The molecule has 0 saturated carbocycles. The van der Waals surface area contributed by atoms with Gasteiger partial charge in [-0.05, 0) is 26.7 Å². The fourth-order valence-electron chi connectivity index (χ4n) is 1.74. The summed E-state index contributed by atoms with van der Waals surface area (Å²) in [7, 11) is 0. The van der Waals surface area contributed by atoms with Crippen molar-refractivity contribution in [3.8, 4) is 0 Å². The summed E-state index contributed by atoms with van der Waals surface area (Å²) in [5.74, 6) is 0.895. The van der Waals surface area contributed by atoms with Crippen molar-refractivity contribution >= 4 is 5.82 Å². The number of aromatic nitrogens is 2. The molecule has 0 aliphatic carbocycles. The Morgan fingerprint density at radius 1 is 1.38 bits per heavy atom. The molecule has 0 bridgehead atoms. The summed E-state index contributed by atoms with van der Waals surface area (Å²) in [4.78, 5) is 8.43. The first-order valence-electron chi connectivity index (χ1n) is 5.94.